The highest BCUT2D eigenvalue weighted by Gasteiger charge is 2.18. The molecule has 0 aromatic carbocycles. The maximum absolute atomic E-state index is 11.3. The van der Waals surface area contributed by atoms with Crippen LogP contribution >= 0.6 is 0 Å². The predicted octanol–water partition coefficient (Wildman–Crippen LogP) is -0.126. The summed E-state index contributed by atoms with van der Waals surface area (Å²) >= 11 is 0. The highest BCUT2D eigenvalue weighted by Crippen LogP contribution is 2.09. The number of carbonyl (C=O) groups is 1. The minimum Gasteiger partial charge on any atom is -0.489 e. The van der Waals surface area contributed by atoms with Gasteiger partial charge < -0.3 is 14.5 Å². The van der Waals surface area contributed by atoms with Crippen LogP contribution in [0.25, 0.3) is 0 Å². The summed E-state index contributed by atoms with van der Waals surface area (Å²) in [4.78, 5) is 28.7. The molecule has 0 aliphatic carbocycles. The van der Waals surface area contributed by atoms with Crippen molar-refractivity contribution in [2.24, 2.45) is 0 Å². The summed E-state index contributed by atoms with van der Waals surface area (Å²) in [6, 6.07) is 0. The molecule has 1 N–H and O–H groups in total. The number of esters is 1. The van der Waals surface area contributed by atoms with Gasteiger partial charge in [-0.15, -0.1) is 0 Å². The number of nitrogens with one attached hydrogen (secondary N) is 1. The van der Waals surface area contributed by atoms with E-state index in [1.54, 1.807) is 6.92 Å². The van der Waals surface area contributed by atoms with E-state index in [1.165, 1.54) is 14.2 Å². The average Bonchev–Trinajstić information content (AvgIpc) is 2.15. The molecule has 0 aliphatic rings. The second kappa shape index (κ2) is 3.91. The number of rotatable bonds is 2. The highest BCUT2D eigenvalue weighted by atomic mass is 16.5. The Balaban J connectivity index is 3.39. The lowest BCUT2D eigenvalue weighted by Gasteiger charge is -2.04. The second-order valence-corrected chi connectivity index (χ2v) is 2.52. The number of H-pyrrole nitrogens is 1. The van der Waals surface area contributed by atoms with Crippen molar-refractivity contribution in [3.8, 4) is 5.75 Å². The Bertz CT molecular complexity index is 410. The van der Waals surface area contributed by atoms with Crippen molar-refractivity contribution < 1.29 is 14.3 Å². The lowest BCUT2D eigenvalue weighted by Crippen LogP contribution is -2.19. The zero-order chi connectivity index (χ0) is 10.7. The number of methoxy groups -OCH3 is 2. The summed E-state index contributed by atoms with van der Waals surface area (Å²) in [6.07, 6.45) is 0. The molecule has 6 heteroatoms. The third-order valence-corrected chi connectivity index (χ3v) is 1.58. The van der Waals surface area contributed by atoms with Crippen LogP contribution in [0.2, 0.25) is 0 Å². The molecule has 1 heterocycles. The van der Waals surface area contributed by atoms with Crippen molar-refractivity contribution >= 4 is 5.97 Å². The molecule has 0 saturated heterocycles. The van der Waals surface area contributed by atoms with Gasteiger partial charge in [-0.3, -0.25) is 4.79 Å². The van der Waals surface area contributed by atoms with E-state index in [0.717, 1.165) is 0 Å². The second-order valence-electron chi connectivity index (χ2n) is 2.52. The molecule has 0 radical (unpaired) electrons. The van der Waals surface area contributed by atoms with E-state index >= 15 is 0 Å². The molecule has 76 valence electrons. The molecule has 0 amide bonds. The van der Waals surface area contributed by atoms with E-state index < -0.39 is 11.5 Å². The number of aromatic amines is 1. The first-order valence-electron chi connectivity index (χ1n) is 3.83. The molecule has 0 fully saturated rings. The number of aromatic nitrogens is 2. The minimum atomic E-state index is -0.698. The van der Waals surface area contributed by atoms with Crippen LogP contribution < -0.4 is 10.3 Å². The Morgan fingerprint density at radius 3 is 2.57 bits per heavy atom. The van der Waals surface area contributed by atoms with E-state index in [-0.39, 0.29) is 11.4 Å². The Hall–Kier alpha value is -1.85. The van der Waals surface area contributed by atoms with E-state index in [1.807, 2.05) is 0 Å². The SMILES string of the molecule is COC(=O)c1nc(C)[nH]c(=O)c1OC. The van der Waals surface area contributed by atoms with Crippen molar-refractivity contribution in [3.63, 3.8) is 0 Å². The quantitative estimate of drug-likeness (QED) is 0.669. The van der Waals surface area contributed by atoms with E-state index in [4.69, 9.17) is 4.74 Å². The molecule has 0 bridgehead atoms. The molecular formula is C8H10N2O4. The molecule has 14 heavy (non-hydrogen) atoms. The molecule has 0 aliphatic heterocycles. The maximum Gasteiger partial charge on any atom is 0.360 e. The van der Waals surface area contributed by atoms with Crippen LogP contribution in [0.1, 0.15) is 16.3 Å². The van der Waals surface area contributed by atoms with Gasteiger partial charge in [0.15, 0.2) is 5.69 Å². The topological polar surface area (TPSA) is 81.3 Å². The fourth-order valence-electron chi connectivity index (χ4n) is 0.999. The Kier molecular flexibility index (Phi) is 2.85. The lowest BCUT2D eigenvalue weighted by atomic mass is 10.3. The average molecular weight is 198 g/mol. The number of hydrogen-bond acceptors (Lipinski definition) is 5. The van der Waals surface area contributed by atoms with Crippen LogP contribution in [0, 0.1) is 6.92 Å². The third kappa shape index (κ3) is 1.73. The van der Waals surface area contributed by atoms with Gasteiger partial charge in [-0.2, -0.15) is 0 Å². The van der Waals surface area contributed by atoms with Gasteiger partial charge in [0.05, 0.1) is 14.2 Å². The molecule has 0 atom stereocenters. The molecule has 0 unspecified atom stereocenters. The maximum atomic E-state index is 11.3. The number of carbonyl (C=O) groups excluding carboxylic acids is 1. The zero-order valence-electron chi connectivity index (χ0n) is 8.08. The fraction of sp³-hybridized carbons (Fsp3) is 0.375. The number of hydrogen-bond donors (Lipinski definition) is 1. The van der Waals surface area contributed by atoms with Gasteiger partial charge in [-0.05, 0) is 6.92 Å². The molecular weight excluding hydrogens is 188 g/mol. The normalized spacial score (nSPS) is 9.64. The van der Waals surface area contributed by atoms with Crippen LogP contribution in [-0.4, -0.2) is 30.2 Å². The van der Waals surface area contributed by atoms with E-state index in [9.17, 15) is 9.59 Å². The Morgan fingerprint density at radius 1 is 1.43 bits per heavy atom. The zero-order valence-corrected chi connectivity index (χ0v) is 8.08. The van der Waals surface area contributed by atoms with Gasteiger partial charge >= 0.3 is 5.97 Å². The van der Waals surface area contributed by atoms with Crippen LogP contribution in [0.15, 0.2) is 4.79 Å². The molecule has 1 aromatic heterocycles. The Labute approximate surface area is 79.9 Å². The molecule has 0 saturated carbocycles. The summed E-state index contributed by atoms with van der Waals surface area (Å²) in [7, 11) is 2.49. The highest BCUT2D eigenvalue weighted by molar-refractivity contribution is 5.89. The summed E-state index contributed by atoms with van der Waals surface area (Å²) < 4.78 is 9.20. The predicted molar refractivity (Wildman–Crippen MR) is 47.5 cm³/mol. The minimum absolute atomic E-state index is 0.115. The van der Waals surface area contributed by atoms with Crippen LogP contribution in [-0.2, 0) is 4.74 Å². The van der Waals surface area contributed by atoms with Gasteiger partial charge in [0.2, 0.25) is 5.75 Å². The van der Waals surface area contributed by atoms with Crippen LogP contribution in [0.4, 0.5) is 0 Å². The number of nitrogens with zero attached hydrogens (tertiary/aromatic N) is 1. The number of aryl methyl sites for hydroxylation is 1. The lowest BCUT2D eigenvalue weighted by molar-refractivity contribution is 0.0589. The monoisotopic (exact) mass is 198 g/mol. The van der Waals surface area contributed by atoms with E-state index in [0.29, 0.717) is 5.82 Å². The van der Waals surface area contributed by atoms with Crippen molar-refractivity contribution in [2.75, 3.05) is 14.2 Å². The van der Waals surface area contributed by atoms with Gasteiger partial charge in [0.1, 0.15) is 5.82 Å². The molecule has 6 nitrogen and oxygen atoms in total. The van der Waals surface area contributed by atoms with Crippen molar-refractivity contribution in [2.45, 2.75) is 6.92 Å². The summed E-state index contributed by atoms with van der Waals surface area (Å²) in [5.74, 6) is -0.505. The largest absolute Gasteiger partial charge is 0.489 e. The smallest absolute Gasteiger partial charge is 0.360 e. The summed E-state index contributed by atoms with van der Waals surface area (Å²) in [5, 5.41) is 0. The molecule has 0 spiro atoms. The summed E-state index contributed by atoms with van der Waals surface area (Å²) in [6.45, 7) is 1.56. The van der Waals surface area contributed by atoms with Gasteiger partial charge in [-0.1, -0.05) is 0 Å². The fourth-order valence-corrected chi connectivity index (χ4v) is 0.999. The van der Waals surface area contributed by atoms with Gasteiger partial charge in [0, 0.05) is 0 Å². The van der Waals surface area contributed by atoms with Crippen molar-refractivity contribution in [1.82, 2.24) is 9.97 Å². The number of ether oxygens (including phenoxy) is 2. The first-order chi connectivity index (χ1) is 6.60. The molecule has 1 aromatic rings. The standard InChI is InChI=1S/C8H10N2O4/c1-4-9-5(8(12)14-3)6(13-2)7(11)10-4/h1-3H3,(H,9,10,11). The van der Waals surface area contributed by atoms with Gasteiger partial charge in [-0.25, -0.2) is 9.78 Å². The van der Waals surface area contributed by atoms with Crippen LogP contribution in [0.3, 0.4) is 0 Å². The van der Waals surface area contributed by atoms with Gasteiger partial charge in [0.25, 0.3) is 5.56 Å². The Morgan fingerprint density at radius 2 is 2.07 bits per heavy atom. The van der Waals surface area contributed by atoms with Crippen molar-refractivity contribution in [1.29, 1.82) is 0 Å². The summed E-state index contributed by atoms with van der Waals surface area (Å²) in [5.41, 5.74) is -0.614. The molecule has 1 rings (SSSR count). The van der Waals surface area contributed by atoms with Crippen molar-refractivity contribution in [3.05, 3.63) is 21.9 Å². The van der Waals surface area contributed by atoms with E-state index in [2.05, 4.69) is 14.7 Å². The van der Waals surface area contributed by atoms with Crippen LogP contribution in [0.5, 0.6) is 5.75 Å². The first-order valence-corrected chi connectivity index (χ1v) is 3.83. The third-order valence-electron chi connectivity index (χ3n) is 1.58. The first kappa shape index (κ1) is 10.2.